The minimum atomic E-state index is -0.110. The van der Waals surface area contributed by atoms with Gasteiger partial charge in [0.25, 0.3) is 0 Å². The predicted octanol–water partition coefficient (Wildman–Crippen LogP) is 2.69. The van der Waals surface area contributed by atoms with Gasteiger partial charge in [-0.3, -0.25) is 5.32 Å². The molecule has 1 aromatic heterocycles. The van der Waals surface area contributed by atoms with E-state index in [-0.39, 0.29) is 12.1 Å². The number of piperidine rings is 1. The van der Waals surface area contributed by atoms with Crippen LogP contribution in [0.25, 0.3) is 0 Å². The van der Waals surface area contributed by atoms with Crippen LogP contribution in [0.15, 0.2) is 0 Å². The van der Waals surface area contributed by atoms with E-state index in [1.807, 2.05) is 6.92 Å². The minimum Gasteiger partial charge on any atom is -0.377 e. The van der Waals surface area contributed by atoms with Crippen molar-refractivity contribution in [3.05, 3.63) is 5.01 Å². The van der Waals surface area contributed by atoms with E-state index in [4.69, 9.17) is 4.74 Å². The molecule has 0 aliphatic carbocycles. The molecule has 1 atom stereocenters. The molecule has 2 amide bonds. The topological polar surface area (TPSA) is 67.3 Å². The number of nitrogens with one attached hydrogen (secondary N) is 1. The summed E-state index contributed by atoms with van der Waals surface area (Å²) >= 11 is 1.43. The van der Waals surface area contributed by atoms with Gasteiger partial charge in [0, 0.05) is 25.6 Å². The first-order valence-corrected chi connectivity index (χ1v) is 7.92. The first kappa shape index (κ1) is 15.2. The van der Waals surface area contributed by atoms with E-state index in [1.54, 1.807) is 4.90 Å². The molecule has 1 aliphatic rings. The lowest BCUT2D eigenvalue weighted by Crippen LogP contribution is -2.45. The lowest BCUT2D eigenvalue weighted by atomic mass is 10.1. The maximum Gasteiger partial charge on any atom is 0.323 e. The first-order chi connectivity index (χ1) is 9.60. The molecule has 0 saturated carbocycles. The van der Waals surface area contributed by atoms with Gasteiger partial charge in [0.05, 0.1) is 6.10 Å². The lowest BCUT2D eigenvalue weighted by molar-refractivity contribution is 0.0181. The Hall–Kier alpha value is -1.21. The Kier molecular flexibility index (Phi) is 5.31. The number of likely N-dealkylation sites (tertiary alicyclic amines) is 1. The van der Waals surface area contributed by atoms with E-state index < -0.39 is 0 Å². The van der Waals surface area contributed by atoms with E-state index in [1.165, 1.54) is 11.3 Å². The Morgan fingerprint density at radius 2 is 2.35 bits per heavy atom. The predicted molar refractivity (Wildman–Crippen MR) is 79.2 cm³/mol. The second kappa shape index (κ2) is 6.99. The Balaban J connectivity index is 1.90. The Labute approximate surface area is 123 Å². The molecule has 0 radical (unpaired) electrons. The van der Waals surface area contributed by atoms with Crippen molar-refractivity contribution >= 4 is 22.5 Å². The van der Waals surface area contributed by atoms with Crippen LogP contribution in [0.5, 0.6) is 0 Å². The average Bonchev–Trinajstić information content (AvgIpc) is 2.88. The number of anilines is 1. The summed E-state index contributed by atoms with van der Waals surface area (Å²) in [7, 11) is 0. The molecule has 0 bridgehead atoms. The van der Waals surface area contributed by atoms with Crippen molar-refractivity contribution in [1.29, 1.82) is 0 Å². The van der Waals surface area contributed by atoms with Crippen LogP contribution in [0.3, 0.4) is 0 Å². The van der Waals surface area contributed by atoms with Crippen molar-refractivity contribution in [2.75, 3.05) is 25.0 Å². The highest BCUT2D eigenvalue weighted by atomic mass is 32.1. The van der Waals surface area contributed by atoms with Crippen molar-refractivity contribution < 1.29 is 9.53 Å². The molecule has 7 heteroatoms. The third kappa shape index (κ3) is 3.89. The number of carbonyl (C=O) groups is 1. The van der Waals surface area contributed by atoms with Gasteiger partial charge in [-0.15, -0.1) is 10.2 Å². The number of amides is 2. The average molecular weight is 298 g/mol. The van der Waals surface area contributed by atoms with Gasteiger partial charge in [0.1, 0.15) is 5.01 Å². The van der Waals surface area contributed by atoms with Gasteiger partial charge in [-0.1, -0.05) is 25.2 Å². The number of hydrogen-bond acceptors (Lipinski definition) is 5. The van der Waals surface area contributed by atoms with Crippen molar-refractivity contribution in [3.63, 3.8) is 0 Å². The van der Waals surface area contributed by atoms with Crippen LogP contribution in [0, 0.1) is 0 Å². The van der Waals surface area contributed by atoms with Crippen LogP contribution < -0.4 is 5.32 Å². The highest BCUT2D eigenvalue weighted by Crippen LogP contribution is 2.23. The summed E-state index contributed by atoms with van der Waals surface area (Å²) in [5.74, 6) is 0.329. The SMILES string of the molecule is CCO[C@H]1CCCN(C(=O)Nc2nnc(C(C)C)s2)C1. The Bertz CT molecular complexity index is 447. The van der Waals surface area contributed by atoms with Gasteiger partial charge in [0.15, 0.2) is 0 Å². The molecule has 112 valence electrons. The van der Waals surface area contributed by atoms with Crippen molar-refractivity contribution in [2.45, 2.75) is 45.6 Å². The zero-order valence-electron chi connectivity index (χ0n) is 12.3. The van der Waals surface area contributed by atoms with Gasteiger partial charge in [-0.25, -0.2) is 4.79 Å². The zero-order chi connectivity index (χ0) is 14.5. The van der Waals surface area contributed by atoms with E-state index in [2.05, 4.69) is 29.4 Å². The number of nitrogens with zero attached hydrogens (tertiary/aromatic N) is 3. The van der Waals surface area contributed by atoms with E-state index in [9.17, 15) is 4.79 Å². The second-order valence-electron chi connectivity index (χ2n) is 5.20. The number of urea groups is 1. The maximum absolute atomic E-state index is 12.2. The number of aromatic nitrogens is 2. The first-order valence-electron chi connectivity index (χ1n) is 7.11. The quantitative estimate of drug-likeness (QED) is 0.928. The smallest absolute Gasteiger partial charge is 0.323 e. The number of ether oxygens (including phenoxy) is 1. The molecular weight excluding hydrogens is 276 g/mol. The molecule has 0 aromatic carbocycles. The van der Waals surface area contributed by atoms with Crippen molar-refractivity contribution in [1.82, 2.24) is 15.1 Å². The third-order valence-electron chi connectivity index (χ3n) is 3.22. The molecule has 1 aliphatic heterocycles. The zero-order valence-corrected chi connectivity index (χ0v) is 13.1. The van der Waals surface area contributed by atoms with Crippen LogP contribution in [0.1, 0.15) is 44.5 Å². The number of hydrogen-bond donors (Lipinski definition) is 1. The summed E-state index contributed by atoms with van der Waals surface area (Å²) in [5.41, 5.74) is 0. The summed E-state index contributed by atoms with van der Waals surface area (Å²) in [6.07, 6.45) is 2.15. The largest absolute Gasteiger partial charge is 0.377 e. The fourth-order valence-electron chi connectivity index (χ4n) is 2.18. The molecule has 2 rings (SSSR count). The summed E-state index contributed by atoms with van der Waals surface area (Å²) in [6.45, 7) is 8.20. The standard InChI is InChI=1S/C13H22N4O2S/c1-4-19-10-6-5-7-17(8-10)13(18)14-12-16-15-11(20-12)9(2)3/h9-10H,4-8H2,1-3H3,(H,14,16,18)/t10-/m0/s1. The van der Waals surface area contributed by atoms with Gasteiger partial charge in [-0.05, 0) is 19.8 Å². The maximum atomic E-state index is 12.2. The van der Waals surface area contributed by atoms with Gasteiger partial charge in [-0.2, -0.15) is 0 Å². The molecule has 2 heterocycles. The second-order valence-corrected chi connectivity index (χ2v) is 6.20. The van der Waals surface area contributed by atoms with Gasteiger partial charge < -0.3 is 9.64 Å². The minimum absolute atomic E-state index is 0.110. The fraction of sp³-hybridized carbons (Fsp3) is 0.769. The fourth-order valence-corrected chi connectivity index (χ4v) is 2.92. The molecular formula is C13H22N4O2S. The molecule has 6 nitrogen and oxygen atoms in total. The van der Waals surface area contributed by atoms with E-state index in [0.29, 0.717) is 24.2 Å². The molecule has 1 saturated heterocycles. The molecule has 0 spiro atoms. The normalized spacial score (nSPS) is 19.4. The summed E-state index contributed by atoms with van der Waals surface area (Å²) in [6, 6.07) is -0.110. The highest BCUT2D eigenvalue weighted by Gasteiger charge is 2.24. The molecule has 1 aromatic rings. The van der Waals surface area contributed by atoms with E-state index in [0.717, 1.165) is 24.4 Å². The Morgan fingerprint density at radius 3 is 3.00 bits per heavy atom. The van der Waals surface area contributed by atoms with Crippen molar-refractivity contribution in [3.8, 4) is 0 Å². The molecule has 20 heavy (non-hydrogen) atoms. The third-order valence-corrected chi connectivity index (χ3v) is 4.36. The molecule has 0 unspecified atom stereocenters. The van der Waals surface area contributed by atoms with E-state index >= 15 is 0 Å². The molecule has 1 fully saturated rings. The van der Waals surface area contributed by atoms with Crippen molar-refractivity contribution in [2.24, 2.45) is 0 Å². The monoisotopic (exact) mass is 298 g/mol. The Morgan fingerprint density at radius 1 is 1.55 bits per heavy atom. The van der Waals surface area contributed by atoms with Crippen LogP contribution in [0.2, 0.25) is 0 Å². The summed E-state index contributed by atoms with van der Waals surface area (Å²) in [5, 5.41) is 12.4. The van der Waals surface area contributed by atoms with Gasteiger partial charge >= 0.3 is 6.03 Å². The highest BCUT2D eigenvalue weighted by molar-refractivity contribution is 7.15. The van der Waals surface area contributed by atoms with Crippen LogP contribution >= 0.6 is 11.3 Å². The number of carbonyl (C=O) groups excluding carboxylic acids is 1. The molecule has 1 N–H and O–H groups in total. The van der Waals surface area contributed by atoms with Crippen LogP contribution in [-0.4, -0.2) is 46.9 Å². The van der Waals surface area contributed by atoms with Crippen LogP contribution in [-0.2, 0) is 4.74 Å². The summed E-state index contributed by atoms with van der Waals surface area (Å²) in [4.78, 5) is 14.0. The summed E-state index contributed by atoms with van der Waals surface area (Å²) < 4.78 is 5.60. The van der Waals surface area contributed by atoms with Gasteiger partial charge in [0.2, 0.25) is 5.13 Å². The lowest BCUT2D eigenvalue weighted by Gasteiger charge is -2.32. The number of rotatable bonds is 4. The van der Waals surface area contributed by atoms with Crippen LogP contribution in [0.4, 0.5) is 9.93 Å².